The third kappa shape index (κ3) is 7.15. The molecule has 0 saturated heterocycles. The number of amides is 2. The molecule has 0 spiro atoms. The number of Topliss-reactive ketones (excluding diaryl/α,β-unsaturated/α-hetero) is 1. The van der Waals surface area contributed by atoms with Crippen molar-refractivity contribution < 1.29 is 22.8 Å². The molecule has 0 saturated carbocycles. The molecule has 2 aromatic rings. The highest BCUT2D eigenvalue weighted by Crippen LogP contribution is 2.21. The Morgan fingerprint density at radius 2 is 1.71 bits per heavy atom. The zero-order valence-corrected chi connectivity index (χ0v) is 21.2. The van der Waals surface area contributed by atoms with Crippen LogP contribution in [0.15, 0.2) is 48.5 Å². The molecule has 0 radical (unpaired) electrons. The van der Waals surface area contributed by atoms with Crippen LogP contribution in [0.3, 0.4) is 0 Å². The van der Waals surface area contributed by atoms with E-state index >= 15 is 0 Å². The Labute approximate surface area is 202 Å². The molecule has 2 amide bonds. The van der Waals surface area contributed by atoms with E-state index in [1.165, 1.54) is 24.0 Å². The number of anilines is 1. The van der Waals surface area contributed by atoms with E-state index in [2.05, 4.69) is 5.32 Å². The van der Waals surface area contributed by atoms with Crippen molar-refractivity contribution in [3.8, 4) is 0 Å². The lowest BCUT2D eigenvalue weighted by atomic mass is 10.1. The summed E-state index contributed by atoms with van der Waals surface area (Å²) in [6, 6.07) is 13.0. The SMILES string of the molecule is CCNC(=O)[C@H](CC)N(Cc1cccc(C)c1)C(=O)CN(c1cccc(C(C)=O)c1)S(C)(=O)=O. The van der Waals surface area contributed by atoms with E-state index in [-0.39, 0.29) is 23.9 Å². The van der Waals surface area contributed by atoms with Crippen LogP contribution < -0.4 is 9.62 Å². The first kappa shape index (κ1) is 27.0. The first-order chi connectivity index (χ1) is 16.0. The average Bonchev–Trinajstić information content (AvgIpc) is 2.76. The number of hydrogen-bond acceptors (Lipinski definition) is 5. The molecule has 184 valence electrons. The summed E-state index contributed by atoms with van der Waals surface area (Å²) in [5, 5.41) is 2.76. The second-order valence-corrected chi connectivity index (χ2v) is 10.1. The molecule has 9 heteroatoms. The number of hydrogen-bond donors (Lipinski definition) is 1. The lowest BCUT2D eigenvalue weighted by molar-refractivity contribution is -0.140. The van der Waals surface area contributed by atoms with Crippen molar-refractivity contribution >= 4 is 33.3 Å². The summed E-state index contributed by atoms with van der Waals surface area (Å²) in [5.74, 6) is -1.03. The molecule has 0 aliphatic carbocycles. The molecule has 34 heavy (non-hydrogen) atoms. The Bertz CT molecular complexity index is 1150. The van der Waals surface area contributed by atoms with E-state index in [0.717, 1.165) is 21.7 Å². The van der Waals surface area contributed by atoms with Crippen LogP contribution in [0.4, 0.5) is 5.69 Å². The average molecular weight is 488 g/mol. The standard InChI is InChI=1S/C25H33N3O5S/c1-6-23(25(31)26-7-2)27(16-20-11-8-10-18(3)14-20)24(30)17-28(34(5,32)33)22-13-9-12-21(15-22)19(4)29/h8-15,23H,6-7,16-17H2,1-5H3,(H,26,31)/t23-/m0/s1. The van der Waals surface area contributed by atoms with Gasteiger partial charge in [-0.25, -0.2) is 8.42 Å². The first-order valence-electron chi connectivity index (χ1n) is 11.2. The smallest absolute Gasteiger partial charge is 0.244 e. The van der Waals surface area contributed by atoms with Gasteiger partial charge in [-0.1, -0.05) is 48.9 Å². The molecule has 0 fully saturated rings. The first-order valence-corrected chi connectivity index (χ1v) is 13.0. The van der Waals surface area contributed by atoms with Gasteiger partial charge in [0.25, 0.3) is 0 Å². The third-order valence-electron chi connectivity index (χ3n) is 5.39. The fourth-order valence-electron chi connectivity index (χ4n) is 3.71. The molecule has 8 nitrogen and oxygen atoms in total. The van der Waals surface area contributed by atoms with E-state index in [1.807, 2.05) is 31.2 Å². The van der Waals surface area contributed by atoms with Gasteiger partial charge in [0.05, 0.1) is 11.9 Å². The summed E-state index contributed by atoms with van der Waals surface area (Å²) in [7, 11) is -3.86. The van der Waals surface area contributed by atoms with Crippen molar-refractivity contribution in [1.82, 2.24) is 10.2 Å². The summed E-state index contributed by atoms with van der Waals surface area (Å²) >= 11 is 0. The van der Waals surface area contributed by atoms with Gasteiger partial charge in [-0.05, 0) is 44.9 Å². The third-order valence-corrected chi connectivity index (χ3v) is 6.53. The number of rotatable bonds is 11. The van der Waals surface area contributed by atoms with Crippen LogP contribution in [0.1, 0.15) is 48.7 Å². The number of nitrogens with one attached hydrogen (secondary N) is 1. The van der Waals surface area contributed by atoms with E-state index in [4.69, 9.17) is 0 Å². The topological polar surface area (TPSA) is 104 Å². The van der Waals surface area contributed by atoms with E-state index in [0.29, 0.717) is 18.5 Å². The van der Waals surface area contributed by atoms with Gasteiger partial charge in [0.2, 0.25) is 21.8 Å². The van der Waals surface area contributed by atoms with Gasteiger partial charge in [-0.3, -0.25) is 18.7 Å². The maximum atomic E-state index is 13.6. The predicted octanol–water partition coefficient (Wildman–Crippen LogP) is 2.91. The van der Waals surface area contributed by atoms with Crippen LogP contribution in [-0.4, -0.2) is 56.3 Å². The van der Waals surface area contributed by atoms with Gasteiger partial charge in [-0.15, -0.1) is 0 Å². The molecular weight excluding hydrogens is 454 g/mol. The van der Waals surface area contributed by atoms with Crippen molar-refractivity contribution in [3.63, 3.8) is 0 Å². The van der Waals surface area contributed by atoms with Crippen LogP contribution in [0.2, 0.25) is 0 Å². The van der Waals surface area contributed by atoms with Crippen molar-refractivity contribution in [2.45, 2.75) is 46.7 Å². The molecule has 0 aliphatic rings. The number of nitrogens with zero attached hydrogens (tertiary/aromatic N) is 2. The van der Waals surface area contributed by atoms with Crippen LogP contribution in [0, 0.1) is 6.92 Å². The van der Waals surface area contributed by atoms with E-state index < -0.39 is 28.5 Å². The zero-order valence-electron chi connectivity index (χ0n) is 20.4. The maximum Gasteiger partial charge on any atom is 0.244 e. The van der Waals surface area contributed by atoms with Gasteiger partial charge in [0.1, 0.15) is 12.6 Å². The highest BCUT2D eigenvalue weighted by atomic mass is 32.2. The highest BCUT2D eigenvalue weighted by molar-refractivity contribution is 7.92. The van der Waals surface area contributed by atoms with Crippen LogP contribution >= 0.6 is 0 Å². The molecular formula is C25H33N3O5S. The Kier molecular flexibility index (Phi) is 9.37. The molecule has 1 atom stereocenters. The van der Waals surface area contributed by atoms with Gasteiger partial charge in [0.15, 0.2) is 5.78 Å². The molecule has 0 aliphatic heterocycles. The Hall–Kier alpha value is -3.20. The minimum Gasteiger partial charge on any atom is -0.355 e. The number of ketones is 1. The number of likely N-dealkylation sites (N-methyl/N-ethyl adjacent to an activating group) is 1. The van der Waals surface area contributed by atoms with Crippen LogP contribution in [0.5, 0.6) is 0 Å². The molecule has 0 aromatic heterocycles. The van der Waals surface area contributed by atoms with E-state index in [1.54, 1.807) is 26.0 Å². The second kappa shape index (κ2) is 11.8. The van der Waals surface area contributed by atoms with Crippen molar-refractivity contribution in [3.05, 3.63) is 65.2 Å². The number of carbonyl (C=O) groups excluding carboxylic acids is 3. The predicted molar refractivity (Wildman–Crippen MR) is 133 cm³/mol. The summed E-state index contributed by atoms with van der Waals surface area (Å²) in [6.07, 6.45) is 1.37. The van der Waals surface area contributed by atoms with Gasteiger partial charge in [-0.2, -0.15) is 0 Å². The summed E-state index contributed by atoms with van der Waals surface area (Å²) in [4.78, 5) is 39.6. The highest BCUT2D eigenvalue weighted by Gasteiger charge is 2.31. The van der Waals surface area contributed by atoms with Crippen LogP contribution in [0.25, 0.3) is 0 Å². The number of benzene rings is 2. The molecule has 2 aromatic carbocycles. The van der Waals surface area contributed by atoms with Crippen molar-refractivity contribution in [2.75, 3.05) is 23.7 Å². The monoisotopic (exact) mass is 487 g/mol. The van der Waals surface area contributed by atoms with Gasteiger partial charge >= 0.3 is 0 Å². The lowest BCUT2D eigenvalue weighted by Crippen LogP contribution is -2.52. The fraction of sp³-hybridized carbons (Fsp3) is 0.400. The zero-order chi connectivity index (χ0) is 25.5. The molecule has 1 N–H and O–H groups in total. The summed E-state index contributed by atoms with van der Waals surface area (Å²) in [6.45, 7) is 6.99. The van der Waals surface area contributed by atoms with Gasteiger partial charge < -0.3 is 10.2 Å². The number of sulfonamides is 1. The van der Waals surface area contributed by atoms with Gasteiger partial charge in [0, 0.05) is 18.7 Å². The fourth-order valence-corrected chi connectivity index (χ4v) is 4.55. The lowest BCUT2D eigenvalue weighted by Gasteiger charge is -2.33. The van der Waals surface area contributed by atoms with Crippen molar-refractivity contribution in [2.24, 2.45) is 0 Å². The number of carbonyl (C=O) groups is 3. The Balaban J connectivity index is 2.47. The van der Waals surface area contributed by atoms with Crippen LogP contribution in [-0.2, 0) is 26.2 Å². The second-order valence-electron chi connectivity index (χ2n) is 8.21. The summed E-state index contributed by atoms with van der Waals surface area (Å²) in [5.41, 5.74) is 2.39. The molecule has 2 rings (SSSR count). The minimum absolute atomic E-state index is 0.154. The normalized spacial score (nSPS) is 12.0. The maximum absolute atomic E-state index is 13.6. The largest absolute Gasteiger partial charge is 0.355 e. The summed E-state index contributed by atoms with van der Waals surface area (Å²) < 4.78 is 26.2. The molecule has 0 unspecified atom stereocenters. The Morgan fingerprint density at radius 1 is 1.03 bits per heavy atom. The minimum atomic E-state index is -3.86. The van der Waals surface area contributed by atoms with Crippen molar-refractivity contribution in [1.29, 1.82) is 0 Å². The number of aryl methyl sites for hydroxylation is 1. The molecule has 0 bridgehead atoms. The molecule has 0 heterocycles. The quantitative estimate of drug-likeness (QED) is 0.491. The Morgan fingerprint density at radius 3 is 2.26 bits per heavy atom. The van der Waals surface area contributed by atoms with E-state index in [9.17, 15) is 22.8 Å².